The van der Waals surface area contributed by atoms with Gasteiger partial charge in [-0.05, 0) is 68.7 Å². The second-order valence-electron chi connectivity index (χ2n) is 6.30. The molecule has 0 spiro atoms. The number of ether oxygens (including phenoxy) is 2. The van der Waals surface area contributed by atoms with Crippen LogP contribution >= 0.6 is 0 Å². The van der Waals surface area contributed by atoms with Crippen molar-refractivity contribution in [1.29, 1.82) is 0 Å². The smallest absolute Gasteiger partial charge is 0.122 e. The van der Waals surface area contributed by atoms with Crippen molar-refractivity contribution in [3.05, 3.63) is 53.6 Å². The third-order valence-corrected chi connectivity index (χ3v) is 3.89. The zero-order valence-electron chi connectivity index (χ0n) is 15.3. The second-order valence-corrected chi connectivity index (χ2v) is 6.30. The minimum atomic E-state index is 0.0889. The van der Waals surface area contributed by atoms with Crippen LogP contribution in [0.1, 0.15) is 37.8 Å². The first kappa shape index (κ1) is 18.2. The van der Waals surface area contributed by atoms with Gasteiger partial charge < -0.3 is 14.8 Å². The summed E-state index contributed by atoms with van der Waals surface area (Å²) in [7, 11) is 0. The minimum Gasteiger partial charge on any atom is -0.494 e. The van der Waals surface area contributed by atoms with Gasteiger partial charge in [0, 0.05) is 5.69 Å². The molecule has 0 saturated heterocycles. The first-order chi connectivity index (χ1) is 11.6. The van der Waals surface area contributed by atoms with Gasteiger partial charge in [-0.2, -0.15) is 0 Å². The molecule has 1 atom stereocenters. The third kappa shape index (κ3) is 5.80. The fraction of sp³-hybridized carbons (Fsp3) is 0.429. The molecule has 2 aromatic rings. The van der Waals surface area contributed by atoms with Gasteiger partial charge in [0.05, 0.1) is 13.2 Å². The molecule has 3 heteroatoms. The highest BCUT2D eigenvalue weighted by Gasteiger charge is 2.07. The maximum Gasteiger partial charge on any atom is 0.122 e. The number of unbranched alkanes of at least 4 members (excludes halogenated alkanes) is 1. The number of nitrogens with one attached hydrogen (secondary N) is 1. The van der Waals surface area contributed by atoms with Gasteiger partial charge in [-0.25, -0.2) is 0 Å². The van der Waals surface area contributed by atoms with Crippen molar-refractivity contribution in [2.24, 2.45) is 0 Å². The van der Waals surface area contributed by atoms with E-state index in [0.29, 0.717) is 0 Å². The summed E-state index contributed by atoms with van der Waals surface area (Å²) in [5.41, 5.74) is 3.46. The molecule has 0 fully saturated rings. The van der Waals surface area contributed by atoms with E-state index in [4.69, 9.17) is 9.47 Å². The molecule has 2 rings (SSSR count). The summed E-state index contributed by atoms with van der Waals surface area (Å²) >= 11 is 0. The van der Waals surface area contributed by atoms with Crippen molar-refractivity contribution in [1.82, 2.24) is 0 Å². The Balaban J connectivity index is 1.80. The summed E-state index contributed by atoms with van der Waals surface area (Å²) in [4.78, 5) is 0. The summed E-state index contributed by atoms with van der Waals surface area (Å²) in [5.74, 6) is 1.89. The van der Waals surface area contributed by atoms with Crippen LogP contribution in [0, 0.1) is 13.8 Å². The molecule has 24 heavy (non-hydrogen) atoms. The third-order valence-electron chi connectivity index (χ3n) is 3.89. The minimum absolute atomic E-state index is 0.0889. The predicted molar refractivity (Wildman–Crippen MR) is 101 cm³/mol. The Labute approximate surface area is 146 Å². The van der Waals surface area contributed by atoms with E-state index >= 15 is 0 Å². The summed E-state index contributed by atoms with van der Waals surface area (Å²) < 4.78 is 11.7. The Morgan fingerprint density at radius 2 is 1.79 bits per heavy atom. The average Bonchev–Trinajstić information content (AvgIpc) is 2.58. The van der Waals surface area contributed by atoms with E-state index in [0.717, 1.165) is 43.2 Å². The van der Waals surface area contributed by atoms with Crippen molar-refractivity contribution in [3.8, 4) is 11.5 Å². The SMILES string of the molecule is CCCCOc1ccc(NCC(C)Oc2cc(C)ccc2C)cc1. The lowest BCUT2D eigenvalue weighted by atomic mass is 10.1. The van der Waals surface area contributed by atoms with Crippen molar-refractivity contribution in [2.45, 2.75) is 46.6 Å². The van der Waals surface area contributed by atoms with Crippen molar-refractivity contribution in [3.63, 3.8) is 0 Å². The molecule has 0 aromatic heterocycles. The van der Waals surface area contributed by atoms with E-state index in [1.54, 1.807) is 0 Å². The molecule has 2 aromatic carbocycles. The van der Waals surface area contributed by atoms with Gasteiger partial charge in [-0.15, -0.1) is 0 Å². The molecule has 1 unspecified atom stereocenters. The summed E-state index contributed by atoms with van der Waals surface area (Å²) in [6.45, 7) is 9.94. The first-order valence-electron chi connectivity index (χ1n) is 8.79. The number of hydrogen-bond donors (Lipinski definition) is 1. The molecule has 0 saturated carbocycles. The van der Waals surface area contributed by atoms with Crippen LogP contribution in [0.4, 0.5) is 5.69 Å². The van der Waals surface area contributed by atoms with Gasteiger partial charge in [0.1, 0.15) is 17.6 Å². The molecule has 0 bridgehead atoms. The standard InChI is InChI=1S/C21H29NO2/c1-5-6-13-23-20-11-9-19(10-12-20)22-15-18(4)24-21-14-16(2)7-8-17(21)3/h7-12,14,18,22H,5-6,13,15H2,1-4H3. The Morgan fingerprint density at radius 3 is 2.50 bits per heavy atom. The summed E-state index contributed by atoms with van der Waals surface area (Å²) in [6.07, 6.45) is 2.33. The molecule has 0 heterocycles. The van der Waals surface area contributed by atoms with Crippen LogP contribution in [0.2, 0.25) is 0 Å². The quantitative estimate of drug-likeness (QED) is 0.629. The maximum absolute atomic E-state index is 6.05. The van der Waals surface area contributed by atoms with E-state index in [1.165, 1.54) is 11.1 Å². The van der Waals surface area contributed by atoms with Crippen LogP contribution in [0.3, 0.4) is 0 Å². The monoisotopic (exact) mass is 327 g/mol. The molecule has 0 aliphatic rings. The highest BCUT2D eigenvalue weighted by molar-refractivity contribution is 5.46. The molecular weight excluding hydrogens is 298 g/mol. The molecule has 1 N–H and O–H groups in total. The van der Waals surface area contributed by atoms with Crippen molar-refractivity contribution < 1.29 is 9.47 Å². The zero-order chi connectivity index (χ0) is 17.4. The fourth-order valence-corrected chi connectivity index (χ4v) is 2.36. The fourth-order valence-electron chi connectivity index (χ4n) is 2.36. The van der Waals surface area contributed by atoms with Gasteiger partial charge in [-0.1, -0.05) is 25.5 Å². The lowest BCUT2D eigenvalue weighted by molar-refractivity contribution is 0.233. The first-order valence-corrected chi connectivity index (χ1v) is 8.79. The van der Waals surface area contributed by atoms with E-state index in [1.807, 2.05) is 24.3 Å². The topological polar surface area (TPSA) is 30.5 Å². The van der Waals surface area contributed by atoms with E-state index in [2.05, 4.69) is 51.2 Å². The van der Waals surface area contributed by atoms with Crippen LogP contribution in [0.5, 0.6) is 11.5 Å². The normalized spacial score (nSPS) is 11.8. The maximum atomic E-state index is 6.05. The number of hydrogen-bond acceptors (Lipinski definition) is 3. The lowest BCUT2D eigenvalue weighted by Gasteiger charge is -2.18. The van der Waals surface area contributed by atoms with E-state index < -0.39 is 0 Å². The largest absolute Gasteiger partial charge is 0.494 e. The molecule has 130 valence electrons. The Morgan fingerprint density at radius 1 is 1.04 bits per heavy atom. The van der Waals surface area contributed by atoms with E-state index in [9.17, 15) is 0 Å². The number of aryl methyl sites for hydroxylation is 2. The molecule has 0 radical (unpaired) electrons. The molecular formula is C21H29NO2. The molecule has 0 amide bonds. The molecule has 0 aliphatic heterocycles. The van der Waals surface area contributed by atoms with Crippen molar-refractivity contribution >= 4 is 5.69 Å². The van der Waals surface area contributed by atoms with Gasteiger partial charge in [0.2, 0.25) is 0 Å². The van der Waals surface area contributed by atoms with Crippen molar-refractivity contribution in [2.75, 3.05) is 18.5 Å². The molecule has 3 nitrogen and oxygen atoms in total. The lowest BCUT2D eigenvalue weighted by Crippen LogP contribution is -2.23. The second kappa shape index (κ2) is 9.21. The predicted octanol–water partition coefficient (Wildman–Crippen LogP) is 5.36. The summed E-state index contributed by atoms with van der Waals surface area (Å²) in [6, 6.07) is 14.4. The number of rotatable bonds is 9. The highest BCUT2D eigenvalue weighted by atomic mass is 16.5. The van der Waals surface area contributed by atoms with Gasteiger partial charge in [0.15, 0.2) is 0 Å². The van der Waals surface area contributed by atoms with Crippen LogP contribution in [-0.2, 0) is 0 Å². The van der Waals surface area contributed by atoms with Gasteiger partial charge >= 0.3 is 0 Å². The van der Waals surface area contributed by atoms with Crippen LogP contribution < -0.4 is 14.8 Å². The van der Waals surface area contributed by atoms with Gasteiger partial charge in [-0.3, -0.25) is 0 Å². The zero-order valence-corrected chi connectivity index (χ0v) is 15.3. The number of anilines is 1. The molecule has 0 aliphatic carbocycles. The highest BCUT2D eigenvalue weighted by Crippen LogP contribution is 2.21. The summed E-state index contributed by atoms with van der Waals surface area (Å²) in [5, 5.41) is 3.41. The Hall–Kier alpha value is -2.16. The van der Waals surface area contributed by atoms with Crippen LogP contribution in [0.25, 0.3) is 0 Å². The average molecular weight is 327 g/mol. The number of benzene rings is 2. The van der Waals surface area contributed by atoms with E-state index in [-0.39, 0.29) is 6.10 Å². The Bertz CT molecular complexity index is 622. The van der Waals surface area contributed by atoms with Gasteiger partial charge in [0.25, 0.3) is 0 Å². The van der Waals surface area contributed by atoms with Crippen LogP contribution in [0.15, 0.2) is 42.5 Å². The Kier molecular flexibility index (Phi) is 6.98. The van der Waals surface area contributed by atoms with Crippen LogP contribution in [-0.4, -0.2) is 19.3 Å².